The minimum atomic E-state index is -0.207. The van der Waals surface area contributed by atoms with Gasteiger partial charge in [-0.2, -0.15) is 0 Å². The maximum Gasteiger partial charge on any atom is 0.272 e. The molecule has 0 spiro atoms. The van der Waals surface area contributed by atoms with Gasteiger partial charge >= 0.3 is 0 Å². The lowest BCUT2D eigenvalue weighted by molar-refractivity contribution is 0.102. The largest absolute Gasteiger partial charge is 0.321 e. The number of rotatable bonds is 3. The van der Waals surface area contributed by atoms with Crippen LogP contribution in [0.4, 0.5) is 5.69 Å². The summed E-state index contributed by atoms with van der Waals surface area (Å²) in [6.07, 6.45) is 5.12. The molecule has 0 fully saturated rings. The van der Waals surface area contributed by atoms with E-state index in [9.17, 15) is 4.79 Å². The molecular weight excluding hydrogens is 370 g/mol. The highest BCUT2D eigenvalue weighted by Gasteiger charge is 2.18. The number of benzene rings is 1. The number of carbonyl (C=O) groups is 1. The van der Waals surface area contributed by atoms with E-state index in [-0.39, 0.29) is 5.91 Å². The van der Waals surface area contributed by atoms with Crippen LogP contribution in [0.5, 0.6) is 0 Å². The molecule has 0 unspecified atom stereocenters. The first-order chi connectivity index (χ1) is 13.7. The van der Waals surface area contributed by atoms with Gasteiger partial charge in [0.1, 0.15) is 11.3 Å². The van der Waals surface area contributed by atoms with Crippen LogP contribution < -0.4 is 5.32 Å². The van der Waals surface area contributed by atoms with Gasteiger partial charge in [-0.25, -0.2) is 9.97 Å². The van der Waals surface area contributed by atoms with E-state index in [1.165, 1.54) is 0 Å². The van der Waals surface area contributed by atoms with Crippen molar-refractivity contribution in [1.82, 2.24) is 19.5 Å². The maximum absolute atomic E-state index is 13.1. The lowest BCUT2D eigenvalue weighted by atomic mass is 10.2. The Morgan fingerprint density at radius 2 is 1.93 bits per heavy atom. The summed E-state index contributed by atoms with van der Waals surface area (Å²) in [5.74, 6) is -0.207. The van der Waals surface area contributed by atoms with E-state index in [0.29, 0.717) is 11.4 Å². The van der Waals surface area contributed by atoms with Crippen molar-refractivity contribution in [3.63, 3.8) is 0 Å². The Morgan fingerprint density at radius 1 is 1.07 bits per heavy atom. The van der Waals surface area contributed by atoms with E-state index < -0.39 is 0 Å². The molecule has 1 N–H and O–H groups in total. The third kappa shape index (κ3) is 2.82. The van der Waals surface area contributed by atoms with E-state index in [2.05, 4.69) is 20.3 Å². The van der Waals surface area contributed by atoms with E-state index >= 15 is 0 Å². The molecule has 7 heteroatoms. The molecule has 4 aromatic heterocycles. The van der Waals surface area contributed by atoms with Gasteiger partial charge in [0.15, 0.2) is 0 Å². The van der Waals surface area contributed by atoms with Gasteiger partial charge in [-0.3, -0.25) is 14.3 Å². The van der Waals surface area contributed by atoms with Crippen molar-refractivity contribution < 1.29 is 4.79 Å². The van der Waals surface area contributed by atoms with E-state index in [1.54, 1.807) is 29.9 Å². The third-order valence-electron chi connectivity index (χ3n) is 4.47. The molecule has 0 aliphatic heterocycles. The van der Waals surface area contributed by atoms with E-state index in [4.69, 9.17) is 0 Å². The van der Waals surface area contributed by atoms with Gasteiger partial charge in [-0.05, 0) is 55.5 Å². The highest BCUT2D eigenvalue weighted by atomic mass is 32.1. The van der Waals surface area contributed by atoms with Crippen LogP contribution in [-0.4, -0.2) is 25.4 Å². The monoisotopic (exact) mass is 385 g/mol. The zero-order valence-corrected chi connectivity index (χ0v) is 15.8. The number of fused-ring (bicyclic) bond motifs is 2. The van der Waals surface area contributed by atoms with Crippen molar-refractivity contribution >= 4 is 44.2 Å². The summed E-state index contributed by atoms with van der Waals surface area (Å²) >= 11 is 1.64. The second-order valence-electron chi connectivity index (χ2n) is 6.36. The number of aryl methyl sites for hydroxylation is 1. The smallest absolute Gasteiger partial charge is 0.272 e. The van der Waals surface area contributed by atoms with Crippen LogP contribution in [0, 0.1) is 6.92 Å². The molecule has 1 aromatic carbocycles. The average molecular weight is 385 g/mol. The molecule has 4 heterocycles. The molecule has 0 bridgehead atoms. The molecule has 0 aliphatic carbocycles. The molecule has 0 atom stereocenters. The van der Waals surface area contributed by atoms with Crippen LogP contribution >= 0.6 is 11.3 Å². The Bertz CT molecular complexity index is 1320. The predicted octanol–water partition coefficient (Wildman–Crippen LogP) is 4.59. The lowest BCUT2D eigenvalue weighted by Crippen LogP contribution is -2.16. The summed E-state index contributed by atoms with van der Waals surface area (Å²) in [7, 11) is 0. The van der Waals surface area contributed by atoms with Crippen LogP contribution in [0.15, 0.2) is 67.1 Å². The Kier molecular flexibility index (Phi) is 3.87. The van der Waals surface area contributed by atoms with Crippen LogP contribution in [0.2, 0.25) is 0 Å². The summed E-state index contributed by atoms with van der Waals surface area (Å²) in [5, 5.41) is 4.89. The molecule has 5 rings (SSSR count). The SMILES string of the molecule is Cc1nc2cc(NC(=O)c3cc4cccnc4n3-c3ccncc3)ccc2s1. The second-order valence-corrected chi connectivity index (χ2v) is 7.59. The second kappa shape index (κ2) is 6.54. The number of aromatic nitrogens is 4. The molecule has 0 aliphatic rings. The van der Waals surface area contributed by atoms with Gasteiger partial charge in [0.2, 0.25) is 0 Å². The summed E-state index contributed by atoms with van der Waals surface area (Å²) < 4.78 is 2.95. The standard InChI is InChI=1S/C21H15N5OS/c1-13-24-17-12-15(4-5-19(17)28-13)25-21(27)18-11-14-3-2-8-23-20(14)26(18)16-6-9-22-10-7-16/h2-12H,1H3,(H,25,27). The fraction of sp³-hybridized carbons (Fsp3) is 0.0476. The predicted molar refractivity (Wildman–Crippen MR) is 111 cm³/mol. The van der Waals surface area contributed by atoms with Crippen LogP contribution in [-0.2, 0) is 0 Å². The molecule has 0 saturated carbocycles. The van der Waals surface area contributed by atoms with Gasteiger partial charge in [0, 0.05) is 29.7 Å². The number of hydrogen-bond donors (Lipinski definition) is 1. The number of nitrogens with zero attached hydrogens (tertiary/aromatic N) is 4. The molecule has 1 amide bonds. The van der Waals surface area contributed by atoms with Crippen LogP contribution in [0.25, 0.3) is 26.9 Å². The van der Waals surface area contributed by atoms with Crippen molar-refractivity contribution in [2.45, 2.75) is 6.92 Å². The Balaban J connectivity index is 1.58. The minimum Gasteiger partial charge on any atom is -0.321 e. The normalized spacial score (nSPS) is 11.2. The van der Waals surface area contributed by atoms with Crippen molar-refractivity contribution in [1.29, 1.82) is 0 Å². The van der Waals surface area contributed by atoms with Gasteiger partial charge in [-0.1, -0.05) is 0 Å². The number of nitrogens with one attached hydrogen (secondary N) is 1. The zero-order valence-electron chi connectivity index (χ0n) is 15.0. The molecule has 136 valence electrons. The van der Waals surface area contributed by atoms with Crippen molar-refractivity contribution in [2.24, 2.45) is 0 Å². The average Bonchev–Trinajstić information content (AvgIpc) is 3.28. The van der Waals surface area contributed by atoms with Gasteiger partial charge < -0.3 is 5.32 Å². The third-order valence-corrected chi connectivity index (χ3v) is 5.42. The van der Waals surface area contributed by atoms with Gasteiger partial charge in [0.25, 0.3) is 5.91 Å². The van der Waals surface area contributed by atoms with E-state index in [1.807, 2.05) is 60.0 Å². The number of hydrogen-bond acceptors (Lipinski definition) is 5. The fourth-order valence-electron chi connectivity index (χ4n) is 3.27. The zero-order chi connectivity index (χ0) is 19.1. The molecule has 6 nitrogen and oxygen atoms in total. The van der Waals surface area contributed by atoms with Gasteiger partial charge in [0.05, 0.1) is 20.9 Å². The fourth-order valence-corrected chi connectivity index (χ4v) is 4.08. The highest BCUT2D eigenvalue weighted by molar-refractivity contribution is 7.18. The molecule has 28 heavy (non-hydrogen) atoms. The summed E-state index contributed by atoms with van der Waals surface area (Å²) in [4.78, 5) is 26.2. The maximum atomic E-state index is 13.1. The Labute approximate surface area is 164 Å². The van der Waals surface area contributed by atoms with E-state index in [0.717, 1.165) is 31.9 Å². The number of carbonyl (C=O) groups excluding carboxylic acids is 1. The highest BCUT2D eigenvalue weighted by Crippen LogP contribution is 2.26. The number of amides is 1. The van der Waals surface area contributed by atoms with Crippen LogP contribution in [0.3, 0.4) is 0 Å². The first-order valence-corrected chi connectivity index (χ1v) is 9.56. The molecule has 0 saturated heterocycles. The molecule has 0 radical (unpaired) electrons. The molecular formula is C21H15N5OS. The summed E-state index contributed by atoms with van der Waals surface area (Å²) in [5.41, 5.74) is 3.66. The van der Waals surface area contributed by atoms with Crippen molar-refractivity contribution in [3.8, 4) is 5.69 Å². The van der Waals surface area contributed by atoms with Crippen molar-refractivity contribution in [2.75, 3.05) is 5.32 Å². The Hall–Kier alpha value is -3.58. The van der Waals surface area contributed by atoms with Gasteiger partial charge in [-0.15, -0.1) is 11.3 Å². The molecule has 5 aromatic rings. The summed E-state index contributed by atoms with van der Waals surface area (Å²) in [6.45, 7) is 1.98. The number of anilines is 1. The first kappa shape index (κ1) is 16.6. The van der Waals surface area contributed by atoms with Crippen molar-refractivity contribution in [3.05, 3.63) is 77.8 Å². The lowest BCUT2D eigenvalue weighted by Gasteiger charge is -2.10. The minimum absolute atomic E-state index is 0.207. The Morgan fingerprint density at radius 3 is 2.79 bits per heavy atom. The quantitative estimate of drug-likeness (QED) is 0.493. The first-order valence-electron chi connectivity index (χ1n) is 8.74. The topological polar surface area (TPSA) is 72.7 Å². The van der Waals surface area contributed by atoms with Crippen LogP contribution in [0.1, 0.15) is 15.5 Å². The summed E-state index contributed by atoms with van der Waals surface area (Å²) in [6, 6.07) is 15.1. The number of pyridine rings is 2. The number of thiazole rings is 1.